The molecule has 1 saturated heterocycles. The Morgan fingerprint density at radius 2 is 2.12 bits per heavy atom. The maximum Gasteiger partial charge on any atom is 0.410 e. The Labute approximate surface area is 154 Å². The van der Waals surface area contributed by atoms with Crippen LogP contribution >= 0.6 is 15.9 Å². The SMILES string of the molecule is CC(C)(C)OC(=O)N1CCC(C#N)(C2C=C(Br)N=CC2[N+](=O)[O-])CC1. The van der Waals surface area contributed by atoms with Gasteiger partial charge in [-0.25, -0.2) is 9.79 Å². The molecule has 2 rings (SSSR count). The van der Waals surface area contributed by atoms with Crippen molar-refractivity contribution in [1.29, 1.82) is 5.26 Å². The number of nitro groups is 1. The van der Waals surface area contributed by atoms with Crippen molar-refractivity contribution in [3.8, 4) is 6.07 Å². The molecular weight excluding hydrogens is 392 g/mol. The zero-order valence-corrected chi connectivity index (χ0v) is 16.0. The first kappa shape index (κ1) is 19.4. The predicted octanol–water partition coefficient (Wildman–Crippen LogP) is 3.11. The van der Waals surface area contributed by atoms with Gasteiger partial charge in [0.05, 0.1) is 23.6 Å². The van der Waals surface area contributed by atoms with Crippen LogP contribution in [-0.4, -0.2) is 46.9 Å². The van der Waals surface area contributed by atoms with Crippen molar-refractivity contribution in [2.45, 2.75) is 45.3 Å². The molecule has 0 bridgehead atoms. The Balaban J connectivity index is 2.16. The normalized spacial score (nSPS) is 25.7. The smallest absolute Gasteiger partial charge is 0.410 e. The van der Waals surface area contributed by atoms with E-state index in [-0.39, 0.29) is 0 Å². The van der Waals surface area contributed by atoms with Gasteiger partial charge in [0.2, 0.25) is 0 Å². The standard InChI is InChI=1S/C16H21BrN4O4/c1-15(2,3)25-14(22)20-6-4-16(10-18,5-7-20)11-8-13(17)19-9-12(11)21(23)24/h8-9,11-12H,4-7H2,1-3H3. The number of piperidine rings is 1. The highest BCUT2D eigenvalue weighted by atomic mass is 79.9. The van der Waals surface area contributed by atoms with Gasteiger partial charge in [-0.1, -0.05) is 0 Å². The van der Waals surface area contributed by atoms with Crippen molar-refractivity contribution < 1.29 is 14.5 Å². The summed E-state index contributed by atoms with van der Waals surface area (Å²) in [6.45, 7) is 6.03. The van der Waals surface area contributed by atoms with Crippen molar-refractivity contribution in [3.63, 3.8) is 0 Å². The third-order valence-electron chi connectivity index (χ3n) is 4.45. The molecule has 1 fully saturated rings. The second kappa shape index (κ2) is 7.12. The Morgan fingerprint density at radius 3 is 2.60 bits per heavy atom. The highest BCUT2D eigenvalue weighted by Crippen LogP contribution is 2.43. The number of hydrogen-bond donors (Lipinski definition) is 0. The van der Waals surface area contributed by atoms with Crippen LogP contribution in [-0.2, 0) is 4.74 Å². The number of likely N-dealkylation sites (tertiary alicyclic amines) is 1. The molecule has 1 amide bonds. The summed E-state index contributed by atoms with van der Waals surface area (Å²) in [5.41, 5.74) is -1.51. The van der Waals surface area contributed by atoms with Gasteiger partial charge in [-0.15, -0.1) is 0 Å². The fourth-order valence-corrected chi connectivity index (χ4v) is 3.54. The van der Waals surface area contributed by atoms with E-state index in [1.165, 1.54) is 6.21 Å². The van der Waals surface area contributed by atoms with Crippen molar-refractivity contribution in [2.24, 2.45) is 16.3 Å². The number of amides is 1. The number of ether oxygens (including phenoxy) is 1. The number of carbonyl (C=O) groups is 1. The molecule has 25 heavy (non-hydrogen) atoms. The lowest BCUT2D eigenvalue weighted by molar-refractivity contribution is -0.511. The van der Waals surface area contributed by atoms with E-state index < -0.39 is 34.0 Å². The Kier molecular flexibility index (Phi) is 5.52. The average molecular weight is 413 g/mol. The molecule has 0 aromatic carbocycles. The lowest BCUT2D eigenvalue weighted by Crippen LogP contribution is -2.50. The molecule has 8 nitrogen and oxygen atoms in total. The summed E-state index contributed by atoms with van der Waals surface area (Å²) >= 11 is 3.24. The Bertz CT molecular complexity index is 654. The Morgan fingerprint density at radius 1 is 1.52 bits per heavy atom. The van der Waals surface area contributed by atoms with Gasteiger partial charge in [-0.05, 0) is 55.6 Å². The van der Waals surface area contributed by atoms with Crippen LogP contribution in [0.4, 0.5) is 4.79 Å². The van der Waals surface area contributed by atoms with Crippen molar-refractivity contribution in [1.82, 2.24) is 4.90 Å². The summed E-state index contributed by atoms with van der Waals surface area (Å²) < 4.78 is 5.84. The molecule has 0 radical (unpaired) electrons. The van der Waals surface area contributed by atoms with E-state index in [9.17, 15) is 20.2 Å². The summed E-state index contributed by atoms with van der Waals surface area (Å²) in [7, 11) is 0. The summed E-state index contributed by atoms with van der Waals surface area (Å²) in [4.78, 5) is 28.6. The first-order valence-corrected chi connectivity index (χ1v) is 8.81. The van der Waals surface area contributed by atoms with Crippen LogP contribution in [0.2, 0.25) is 0 Å². The van der Waals surface area contributed by atoms with Gasteiger partial charge < -0.3 is 9.64 Å². The minimum Gasteiger partial charge on any atom is -0.444 e. The molecule has 0 aromatic rings. The molecule has 2 aliphatic rings. The van der Waals surface area contributed by atoms with Crippen LogP contribution in [0.1, 0.15) is 33.6 Å². The van der Waals surface area contributed by atoms with Gasteiger partial charge in [-0.3, -0.25) is 10.1 Å². The fraction of sp³-hybridized carbons (Fsp3) is 0.688. The predicted molar refractivity (Wildman–Crippen MR) is 94.9 cm³/mol. The number of halogens is 1. The quantitative estimate of drug-likeness (QED) is 0.393. The lowest BCUT2D eigenvalue weighted by atomic mass is 9.66. The van der Waals surface area contributed by atoms with Crippen LogP contribution in [0.5, 0.6) is 0 Å². The molecule has 0 aliphatic carbocycles. The number of nitriles is 1. The van der Waals surface area contributed by atoms with E-state index in [1.807, 2.05) is 0 Å². The third kappa shape index (κ3) is 4.37. The maximum absolute atomic E-state index is 12.2. The Hall–Kier alpha value is -1.95. The van der Waals surface area contributed by atoms with Crippen LogP contribution < -0.4 is 0 Å². The van der Waals surface area contributed by atoms with Gasteiger partial charge >= 0.3 is 6.09 Å². The first-order valence-electron chi connectivity index (χ1n) is 8.02. The highest BCUT2D eigenvalue weighted by Gasteiger charge is 2.50. The molecule has 2 aliphatic heterocycles. The third-order valence-corrected chi connectivity index (χ3v) is 4.92. The monoisotopic (exact) mass is 412 g/mol. The summed E-state index contributed by atoms with van der Waals surface area (Å²) in [5, 5.41) is 21.2. The second-order valence-electron chi connectivity index (χ2n) is 7.30. The summed E-state index contributed by atoms with van der Waals surface area (Å²) in [6, 6.07) is 1.24. The second-order valence-corrected chi connectivity index (χ2v) is 8.12. The number of hydrogen-bond acceptors (Lipinski definition) is 6. The van der Waals surface area contributed by atoms with Crippen molar-refractivity contribution >= 4 is 28.2 Å². The average Bonchev–Trinajstić information content (AvgIpc) is 2.53. The van der Waals surface area contributed by atoms with Crippen molar-refractivity contribution in [3.05, 3.63) is 20.8 Å². The van der Waals surface area contributed by atoms with Crippen LogP contribution in [0.3, 0.4) is 0 Å². The lowest BCUT2D eigenvalue weighted by Gasteiger charge is -2.41. The van der Waals surface area contributed by atoms with Crippen molar-refractivity contribution in [2.75, 3.05) is 13.1 Å². The summed E-state index contributed by atoms with van der Waals surface area (Å²) in [6.07, 6.45) is 3.19. The fourth-order valence-electron chi connectivity index (χ4n) is 3.14. The van der Waals surface area contributed by atoms with E-state index in [4.69, 9.17) is 4.74 Å². The van der Waals surface area contributed by atoms with Gasteiger partial charge in [0.25, 0.3) is 6.04 Å². The molecule has 136 valence electrons. The maximum atomic E-state index is 12.2. The molecule has 2 heterocycles. The number of carbonyl (C=O) groups excluding carboxylic acids is 1. The van der Waals surface area contributed by atoms with Gasteiger partial charge in [0.1, 0.15) is 10.2 Å². The van der Waals surface area contributed by atoms with Crippen LogP contribution in [0, 0.1) is 32.8 Å². The molecule has 9 heteroatoms. The molecule has 0 spiro atoms. The van der Waals surface area contributed by atoms with E-state index in [0.29, 0.717) is 30.5 Å². The van der Waals surface area contributed by atoms with Gasteiger partial charge in [0, 0.05) is 18.0 Å². The number of rotatable bonds is 2. The molecule has 0 saturated carbocycles. The van der Waals surface area contributed by atoms with Crippen LogP contribution in [0.15, 0.2) is 15.7 Å². The topological polar surface area (TPSA) is 109 Å². The number of nitrogens with zero attached hydrogens (tertiary/aromatic N) is 4. The minimum atomic E-state index is -1.05. The zero-order chi connectivity index (χ0) is 18.8. The molecule has 2 atom stereocenters. The number of aliphatic imine (C=N–C) groups is 1. The molecule has 0 N–H and O–H groups in total. The van der Waals surface area contributed by atoms with E-state index >= 15 is 0 Å². The van der Waals surface area contributed by atoms with Gasteiger partial charge in [-0.2, -0.15) is 5.26 Å². The minimum absolute atomic E-state index is 0.325. The van der Waals surface area contributed by atoms with Crippen LogP contribution in [0.25, 0.3) is 0 Å². The van der Waals surface area contributed by atoms with E-state index in [1.54, 1.807) is 31.7 Å². The van der Waals surface area contributed by atoms with E-state index in [0.717, 1.165) is 0 Å². The summed E-state index contributed by atoms with van der Waals surface area (Å²) in [5.74, 6) is -0.597. The molecule has 0 aromatic heterocycles. The van der Waals surface area contributed by atoms with E-state index in [2.05, 4.69) is 27.0 Å². The first-order chi connectivity index (χ1) is 11.6. The largest absolute Gasteiger partial charge is 0.444 e. The molecule has 2 unspecified atom stereocenters. The molecular formula is C16H21BrN4O4. The highest BCUT2D eigenvalue weighted by molar-refractivity contribution is 9.11. The van der Waals surface area contributed by atoms with Gasteiger partial charge in [0.15, 0.2) is 0 Å². The zero-order valence-electron chi connectivity index (χ0n) is 14.4.